The Labute approximate surface area is 173 Å². The van der Waals surface area contributed by atoms with E-state index in [0.717, 1.165) is 25.1 Å². The second kappa shape index (κ2) is 8.10. The lowest BCUT2D eigenvalue weighted by Gasteiger charge is -2.15. The molecule has 0 saturated heterocycles. The molecule has 0 aliphatic rings. The van der Waals surface area contributed by atoms with E-state index in [1.165, 1.54) is 20.7 Å². The zero-order valence-corrected chi connectivity index (χ0v) is 17.4. The van der Waals surface area contributed by atoms with Crippen molar-refractivity contribution in [3.63, 3.8) is 0 Å². The van der Waals surface area contributed by atoms with Gasteiger partial charge in [0, 0.05) is 21.3 Å². The van der Waals surface area contributed by atoms with E-state index in [4.69, 9.17) is 4.74 Å². The number of nitriles is 1. The van der Waals surface area contributed by atoms with Crippen LogP contribution >= 0.6 is 34.0 Å². The average molecular weight is 426 g/mol. The van der Waals surface area contributed by atoms with Gasteiger partial charge in [0.05, 0.1) is 27.3 Å². The summed E-state index contributed by atoms with van der Waals surface area (Å²) in [6, 6.07) is 14.4. The van der Waals surface area contributed by atoms with Crippen molar-refractivity contribution in [1.82, 2.24) is 4.98 Å². The van der Waals surface area contributed by atoms with Crippen LogP contribution in [0.5, 0.6) is 0 Å². The summed E-state index contributed by atoms with van der Waals surface area (Å²) < 4.78 is 8.20. The molecular weight excluding hydrogens is 410 g/mol. The summed E-state index contributed by atoms with van der Waals surface area (Å²) in [5, 5.41) is 11.5. The summed E-state index contributed by atoms with van der Waals surface area (Å²) in [6.07, 6.45) is 1.91. The Bertz CT molecular complexity index is 1150. The van der Waals surface area contributed by atoms with E-state index >= 15 is 0 Å². The number of hydrogen-bond donors (Lipinski definition) is 0. The highest BCUT2D eigenvalue weighted by Crippen LogP contribution is 2.39. The highest BCUT2D eigenvalue weighted by atomic mass is 32.1. The standard InChI is InChI=1S/C20H15N3O2S3/c1-23(6-7-25-12-24)19-10-18-17(27-19)9-14(26-18)8-13(11-21)20-22-15-4-2-3-5-16(15)28-20/h2-5,8-10,12H,6-7H2,1H3/b13-8+. The van der Waals surface area contributed by atoms with Gasteiger partial charge in [0.15, 0.2) is 0 Å². The van der Waals surface area contributed by atoms with Crippen LogP contribution < -0.4 is 4.90 Å². The number of ether oxygens (including phenoxy) is 1. The fourth-order valence-electron chi connectivity index (χ4n) is 2.72. The molecule has 5 nitrogen and oxygen atoms in total. The minimum Gasteiger partial charge on any atom is -0.466 e. The van der Waals surface area contributed by atoms with Crippen LogP contribution in [0, 0.1) is 11.3 Å². The number of thiazole rings is 1. The number of hydrogen-bond acceptors (Lipinski definition) is 8. The number of allylic oxidation sites excluding steroid dienone is 1. The Hall–Kier alpha value is -2.73. The van der Waals surface area contributed by atoms with Crippen LogP contribution in [0.2, 0.25) is 0 Å². The molecule has 0 saturated carbocycles. The van der Waals surface area contributed by atoms with E-state index in [9.17, 15) is 10.1 Å². The maximum Gasteiger partial charge on any atom is 0.293 e. The number of anilines is 1. The number of likely N-dealkylation sites (N-methyl/N-ethyl adjacent to an activating group) is 1. The number of para-hydroxylation sites is 1. The van der Waals surface area contributed by atoms with Gasteiger partial charge in [-0.2, -0.15) is 5.26 Å². The largest absolute Gasteiger partial charge is 0.466 e. The van der Waals surface area contributed by atoms with Crippen molar-refractivity contribution in [3.05, 3.63) is 46.3 Å². The number of carbonyl (C=O) groups excluding carboxylic acids is 1. The summed E-state index contributed by atoms with van der Waals surface area (Å²) >= 11 is 4.88. The highest BCUT2D eigenvalue weighted by Gasteiger charge is 2.12. The van der Waals surface area contributed by atoms with Gasteiger partial charge in [0.1, 0.15) is 17.7 Å². The summed E-state index contributed by atoms with van der Waals surface area (Å²) in [5.74, 6) is 0. The van der Waals surface area contributed by atoms with Crippen molar-refractivity contribution in [2.75, 3.05) is 25.1 Å². The average Bonchev–Trinajstić information content (AvgIpc) is 3.38. The molecule has 28 heavy (non-hydrogen) atoms. The van der Waals surface area contributed by atoms with Gasteiger partial charge < -0.3 is 9.64 Å². The van der Waals surface area contributed by atoms with Gasteiger partial charge in [-0.1, -0.05) is 12.1 Å². The van der Waals surface area contributed by atoms with E-state index in [1.807, 2.05) is 37.4 Å². The van der Waals surface area contributed by atoms with Crippen LogP contribution in [0.3, 0.4) is 0 Å². The van der Waals surface area contributed by atoms with E-state index in [-0.39, 0.29) is 0 Å². The third-order valence-corrected chi connectivity index (χ3v) is 7.56. The first-order chi connectivity index (χ1) is 13.7. The van der Waals surface area contributed by atoms with Gasteiger partial charge in [-0.15, -0.1) is 34.0 Å². The van der Waals surface area contributed by atoms with E-state index in [1.54, 1.807) is 22.7 Å². The maximum absolute atomic E-state index is 10.3. The Balaban J connectivity index is 1.58. The SMILES string of the molecule is CN(CCOC=O)c1cc2sc(/C=C(\C#N)c3nc4ccccc4s3)cc2s1. The number of nitrogens with zero attached hydrogens (tertiary/aromatic N) is 3. The molecule has 0 N–H and O–H groups in total. The predicted molar refractivity (Wildman–Crippen MR) is 118 cm³/mol. The van der Waals surface area contributed by atoms with Crippen molar-refractivity contribution in [1.29, 1.82) is 5.26 Å². The first-order valence-corrected chi connectivity index (χ1v) is 10.9. The zero-order valence-electron chi connectivity index (χ0n) is 14.9. The van der Waals surface area contributed by atoms with Gasteiger partial charge in [-0.3, -0.25) is 4.79 Å². The molecule has 3 heterocycles. The van der Waals surface area contributed by atoms with Gasteiger partial charge >= 0.3 is 0 Å². The fraction of sp³-hybridized carbons (Fsp3) is 0.150. The molecular formula is C20H15N3O2S3. The van der Waals surface area contributed by atoms with Crippen molar-refractivity contribution < 1.29 is 9.53 Å². The number of thiophene rings is 2. The molecule has 0 spiro atoms. The molecule has 140 valence electrons. The normalized spacial score (nSPS) is 11.6. The number of carbonyl (C=O) groups is 1. The van der Waals surface area contributed by atoms with Crippen LogP contribution in [0.1, 0.15) is 9.88 Å². The topological polar surface area (TPSA) is 66.2 Å². The second-order valence-corrected chi connectivity index (χ2v) is 9.22. The lowest BCUT2D eigenvalue weighted by atomic mass is 10.2. The van der Waals surface area contributed by atoms with Crippen molar-refractivity contribution in [2.24, 2.45) is 0 Å². The molecule has 0 atom stereocenters. The zero-order chi connectivity index (χ0) is 19.5. The molecule has 0 amide bonds. The van der Waals surface area contributed by atoms with Gasteiger partial charge in [0.2, 0.25) is 0 Å². The quantitative estimate of drug-likeness (QED) is 0.230. The number of fused-ring (bicyclic) bond motifs is 2. The minimum atomic E-state index is 0.368. The first-order valence-electron chi connectivity index (χ1n) is 8.45. The van der Waals surface area contributed by atoms with Crippen LogP contribution in [0.4, 0.5) is 5.00 Å². The molecule has 4 rings (SSSR count). The van der Waals surface area contributed by atoms with Crippen molar-refractivity contribution in [2.45, 2.75) is 0 Å². The van der Waals surface area contributed by atoms with Crippen molar-refractivity contribution >= 4 is 76.7 Å². The predicted octanol–water partition coefficient (Wildman–Crippen LogP) is 5.25. The summed E-state index contributed by atoms with van der Waals surface area (Å²) in [4.78, 5) is 17.9. The van der Waals surface area contributed by atoms with E-state index < -0.39 is 0 Å². The lowest BCUT2D eigenvalue weighted by Crippen LogP contribution is -2.21. The first kappa shape index (κ1) is 18.6. The fourth-order valence-corrected chi connectivity index (χ4v) is 5.98. The van der Waals surface area contributed by atoms with Gasteiger partial charge in [-0.25, -0.2) is 4.98 Å². The molecule has 8 heteroatoms. The number of aromatic nitrogens is 1. The second-order valence-electron chi connectivity index (χ2n) is 6.01. The van der Waals surface area contributed by atoms with Gasteiger partial charge in [0.25, 0.3) is 6.47 Å². The Morgan fingerprint density at radius 1 is 1.21 bits per heavy atom. The third-order valence-electron chi connectivity index (χ3n) is 4.13. The molecule has 0 bridgehead atoms. The summed E-state index contributed by atoms with van der Waals surface area (Å²) in [6.45, 7) is 1.49. The Morgan fingerprint density at radius 2 is 2.04 bits per heavy atom. The third kappa shape index (κ3) is 3.78. The van der Waals surface area contributed by atoms with Crippen LogP contribution in [0.25, 0.3) is 31.3 Å². The molecule has 0 aliphatic carbocycles. The van der Waals surface area contributed by atoms with Crippen LogP contribution in [-0.4, -0.2) is 31.7 Å². The molecule has 3 aromatic heterocycles. The smallest absolute Gasteiger partial charge is 0.293 e. The molecule has 1 aromatic carbocycles. The number of benzene rings is 1. The summed E-state index contributed by atoms with van der Waals surface area (Å²) in [5.41, 5.74) is 1.50. The monoisotopic (exact) mass is 425 g/mol. The van der Waals surface area contributed by atoms with Crippen LogP contribution in [-0.2, 0) is 9.53 Å². The Morgan fingerprint density at radius 3 is 2.79 bits per heavy atom. The molecule has 0 fully saturated rings. The molecule has 0 unspecified atom stereocenters. The van der Waals surface area contributed by atoms with E-state index in [0.29, 0.717) is 25.2 Å². The summed E-state index contributed by atoms with van der Waals surface area (Å²) in [7, 11) is 1.98. The minimum absolute atomic E-state index is 0.368. The van der Waals surface area contributed by atoms with Crippen molar-refractivity contribution in [3.8, 4) is 6.07 Å². The molecule has 0 radical (unpaired) electrons. The maximum atomic E-state index is 10.3. The highest BCUT2D eigenvalue weighted by molar-refractivity contribution is 7.30. The van der Waals surface area contributed by atoms with Crippen LogP contribution in [0.15, 0.2) is 36.4 Å². The molecule has 4 aromatic rings. The van der Waals surface area contributed by atoms with E-state index in [2.05, 4.69) is 28.1 Å². The number of rotatable bonds is 7. The Kier molecular flexibility index (Phi) is 5.39. The van der Waals surface area contributed by atoms with Gasteiger partial charge in [-0.05, 0) is 30.3 Å². The molecule has 0 aliphatic heterocycles. The lowest BCUT2D eigenvalue weighted by molar-refractivity contribution is -0.128.